The van der Waals surface area contributed by atoms with E-state index in [-0.39, 0.29) is 0 Å². The first-order valence-electron chi connectivity index (χ1n) is 5.40. The van der Waals surface area contributed by atoms with E-state index in [4.69, 9.17) is 0 Å². The SMILES string of the molecule is CCNCCNCc1ccc(Br)c(C)c1. The summed E-state index contributed by atoms with van der Waals surface area (Å²) in [6.45, 7) is 8.28. The predicted molar refractivity (Wildman–Crippen MR) is 69.1 cm³/mol. The molecule has 0 unspecified atom stereocenters. The van der Waals surface area contributed by atoms with Crippen LogP contribution < -0.4 is 10.6 Å². The van der Waals surface area contributed by atoms with Crippen LogP contribution >= 0.6 is 15.9 Å². The van der Waals surface area contributed by atoms with E-state index in [2.05, 4.69) is 58.6 Å². The lowest BCUT2D eigenvalue weighted by atomic mass is 10.1. The van der Waals surface area contributed by atoms with Crippen molar-refractivity contribution in [2.75, 3.05) is 19.6 Å². The minimum atomic E-state index is 0.944. The van der Waals surface area contributed by atoms with Gasteiger partial charge >= 0.3 is 0 Å². The van der Waals surface area contributed by atoms with Crippen LogP contribution in [0.25, 0.3) is 0 Å². The fourth-order valence-corrected chi connectivity index (χ4v) is 1.65. The Balaban J connectivity index is 2.28. The molecule has 1 rings (SSSR count). The number of hydrogen-bond acceptors (Lipinski definition) is 2. The molecule has 2 N–H and O–H groups in total. The fraction of sp³-hybridized carbons (Fsp3) is 0.500. The van der Waals surface area contributed by atoms with E-state index in [1.165, 1.54) is 15.6 Å². The largest absolute Gasteiger partial charge is 0.316 e. The van der Waals surface area contributed by atoms with Crippen molar-refractivity contribution in [3.8, 4) is 0 Å². The summed E-state index contributed by atoms with van der Waals surface area (Å²) in [7, 11) is 0. The molecule has 0 amide bonds. The molecule has 0 aliphatic heterocycles. The lowest BCUT2D eigenvalue weighted by Gasteiger charge is -2.06. The molecule has 0 aliphatic carbocycles. The minimum Gasteiger partial charge on any atom is -0.316 e. The molecule has 15 heavy (non-hydrogen) atoms. The highest BCUT2D eigenvalue weighted by Crippen LogP contribution is 2.16. The van der Waals surface area contributed by atoms with Gasteiger partial charge < -0.3 is 10.6 Å². The Labute approximate surface area is 101 Å². The van der Waals surface area contributed by atoms with E-state index < -0.39 is 0 Å². The summed E-state index contributed by atoms with van der Waals surface area (Å²) in [4.78, 5) is 0. The summed E-state index contributed by atoms with van der Waals surface area (Å²) < 4.78 is 1.18. The molecule has 2 nitrogen and oxygen atoms in total. The van der Waals surface area contributed by atoms with Gasteiger partial charge in [0.1, 0.15) is 0 Å². The smallest absolute Gasteiger partial charge is 0.0206 e. The van der Waals surface area contributed by atoms with Crippen molar-refractivity contribution in [1.82, 2.24) is 10.6 Å². The van der Waals surface area contributed by atoms with Gasteiger partial charge in [-0.25, -0.2) is 0 Å². The molecule has 0 aliphatic rings. The van der Waals surface area contributed by atoms with E-state index in [0.717, 1.165) is 26.2 Å². The second-order valence-electron chi connectivity index (χ2n) is 3.61. The normalized spacial score (nSPS) is 10.6. The zero-order valence-electron chi connectivity index (χ0n) is 9.44. The third-order valence-corrected chi connectivity index (χ3v) is 3.17. The van der Waals surface area contributed by atoms with Crippen LogP contribution in [0.2, 0.25) is 0 Å². The van der Waals surface area contributed by atoms with Crippen molar-refractivity contribution < 1.29 is 0 Å². The van der Waals surface area contributed by atoms with Crippen LogP contribution in [0.5, 0.6) is 0 Å². The van der Waals surface area contributed by atoms with Crippen molar-refractivity contribution in [3.05, 3.63) is 33.8 Å². The Morgan fingerprint density at radius 3 is 2.60 bits per heavy atom. The lowest BCUT2D eigenvalue weighted by molar-refractivity contribution is 0.625. The van der Waals surface area contributed by atoms with E-state index in [1.54, 1.807) is 0 Å². The molecule has 1 aromatic carbocycles. The van der Waals surface area contributed by atoms with Gasteiger partial charge in [-0.05, 0) is 30.7 Å². The maximum absolute atomic E-state index is 3.50. The van der Waals surface area contributed by atoms with Crippen molar-refractivity contribution in [2.24, 2.45) is 0 Å². The minimum absolute atomic E-state index is 0.944. The van der Waals surface area contributed by atoms with Gasteiger partial charge in [0.2, 0.25) is 0 Å². The van der Waals surface area contributed by atoms with E-state index in [0.29, 0.717) is 0 Å². The maximum atomic E-state index is 3.50. The number of nitrogens with one attached hydrogen (secondary N) is 2. The summed E-state index contributed by atoms with van der Waals surface area (Å²) in [6.07, 6.45) is 0. The average Bonchev–Trinajstić information content (AvgIpc) is 2.23. The van der Waals surface area contributed by atoms with Gasteiger partial charge in [-0.1, -0.05) is 35.0 Å². The summed E-state index contributed by atoms with van der Waals surface area (Å²) in [6, 6.07) is 6.47. The molecule has 0 radical (unpaired) electrons. The Morgan fingerprint density at radius 1 is 1.20 bits per heavy atom. The third-order valence-electron chi connectivity index (χ3n) is 2.28. The number of rotatable bonds is 6. The third kappa shape index (κ3) is 4.78. The average molecular weight is 271 g/mol. The van der Waals surface area contributed by atoms with Gasteiger partial charge in [0.25, 0.3) is 0 Å². The second kappa shape index (κ2) is 6.99. The molecule has 0 aromatic heterocycles. The van der Waals surface area contributed by atoms with E-state index in [1.807, 2.05) is 0 Å². The molecule has 1 aromatic rings. The van der Waals surface area contributed by atoms with Crippen molar-refractivity contribution in [3.63, 3.8) is 0 Å². The van der Waals surface area contributed by atoms with Gasteiger partial charge in [-0.3, -0.25) is 0 Å². The molecule has 0 heterocycles. The van der Waals surface area contributed by atoms with Gasteiger partial charge in [-0.15, -0.1) is 0 Å². The van der Waals surface area contributed by atoms with Gasteiger partial charge in [0.05, 0.1) is 0 Å². The highest BCUT2D eigenvalue weighted by molar-refractivity contribution is 9.10. The van der Waals surface area contributed by atoms with E-state index in [9.17, 15) is 0 Å². The summed E-state index contributed by atoms with van der Waals surface area (Å²) in [5.41, 5.74) is 2.63. The molecule has 0 bridgehead atoms. The van der Waals surface area contributed by atoms with Crippen LogP contribution in [0.1, 0.15) is 18.1 Å². The van der Waals surface area contributed by atoms with E-state index >= 15 is 0 Å². The van der Waals surface area contributed by atoms with Gasteiger partial charge in [-0.2, -0.15) is 0 Å². The standard InChI is InChI=1S/C12H19BrN2/c1-3-14-6-7-15-9-11-4-5-12(13)10(2)8-11/h4-5,8,14-15H,3,6-7,9H2,1-2H3. The highest BCUT2D eigenvalue weighted by atomic mass is 79.9. The number of benzene rings is 1. The maximum Gasteiger partial charge on any atom is 0.0206 e. The second-order valence-corrected chi connectivity index (χ2v) is 4.47. The first kappa shape index (κ1) is 12.7. The quantitative estimate of drug-likeness (QED) is 0.777. The number of halogens is 1. The van der Waals surface area contributed by atoms with Crippen LogP contribution in [-0.2, 0) is 6.54 Å². The van der Waals surface area contributed by atoms with Crippen molar-refractivity contribution in [2.45, 2.75) is 20.4 Å². The molecule has 0 spiro atoms. The Kier molecular flexibility index (Phi) is 5.91. The Hall–Kier alpha value is -0.380. The van der Waals surface area contributed by atoms with Crippen LogP contribution in [0.15, 0.2) is 22.7 Å². The molecule has 0 atom stereocenters. The van der Waals surface area contributed by atoms with Crippen molar-refractivity contribution in [1.29, 1.82) is 0 Å². The van der Waals surface area contributed by atoms with Crippen molar-refractivity contribution >= 4 is 15.9 Å². The Morgan fingerprint density at radius 2 is 1.93 bits per heavy atom. The number of hydrogen-bond donors (Lipinski definition) is 2. The lowest BCUT2D eigenvalue weighted by Crippen LogP contribution is -2.26. The molecule has 0 fully saturated rings. The monoisotopic (exact) mass is 270 g/mol. The zero-order chi connectivity index (χ0) is 11.1. The molecule has 84 valence electrons. The fourth-order valence-electron chi connectivity index (χ4n) is 1.40. The topological polar surface area (TPSA) is 24.1 Å². The molecule has 0 saturated heterocycles. The number of likely N-dealkylation sites (N-methyl/N-ethyl adjacent to an activating group) is 1. The summed E-state index contributed by atoms with van der Waals surface area (Å²) in [5.74, 6) is 0. The van der Waals surface area contributed by atoms with Crippen LogP contribution in [0.4, 0.5) is 0 Å². The predicted octanol–water partition coefficient (Wildman–Crippen LogP) is 2.46. The van der Waals surface area contributed by atoms with Crippen LogP contribution in [0, 0.1) is 6.92 Å². The molecule has 3 heteroatoms. The van der Waals surface area contributed by atoms with Crippen LogP contribution in [0.3, 0.4) is 0 Å². The number of aryl methyl sites for hydroxylation is 1. The summed E-state index contributed by atoms with van der Waals surface area (Å²) in [5, 5.41) is 6.69. The summed E-state index contributed by atoms with van der Waals surface area (Å²) >= 11 is 3.50. The molecular weight excluding hydrogens is 252 g/mol. The first-order chi connectivity index (χ1) is 7.24. The van der Waals surface area contributed by atoms with Gasteiger partial charge in [0.15, 0.2) is 0 Å². The van der Waals surface area contributed by atoms with Gasteiger partial charge in [0, 0.05) is 24.1 Å². The molecule has 0 saturated carbocycles. The Bertz CT molecular complexity index is 300. The molecular formula is C12H19BrN2. The van der Waals surface area contributed by atoms with Crippen LogP contribution in [-0.4, -0.2) is 19.6 Å². The zero-order valence-corrected chi connectivity index (χ0v) is 11.0. The first-order valence-corrected chi connectivity index (χ1v) is 6.19. The highest BCUT2D eigenvalue weighted by Gasteiger charge is 1.96.